The maximum atomic E-state index is 13.0. The minimum Gasteiger partial charge on any atom is -0.310 e. The summed E-state index contributed by atoms with van der Waals surface area (Å²) in [5.74, 6) is 0.823. The third-order valence-corrected chi connectivity index (χ3v) is 8.11. The van der Waals surface area contributed by atoms with E-state index in [0.29, 0.717) is 18.3 Å². The fourth-order valence-corrected chi connectivity index (χ4v) is 5.98. The van der Waals surface area contributed by atoms with Crippen LogP contribution in [0.1, 0.15) is 44.6 Å². The Kier molecular flexibility index (Phi) is 7.05. The Hall–Kier alpha value is -2.22. The van der Waals surface area contributed by atoms with Gasteiger partial charge in [-0.1, -0.05) is 56.0 Å². The van der Waals surface area contributed by atoms with Crippen molar-refractivity contribution in [1.29, 1.82) is 0 Å². The van der Waals surface area contributed by atoms with Crippen LogP contribution >= 0.6 is 11.3 Å². The highest BCUT2D eigenvalue weighted by Crippen LogP contribution is 2.29. The average Bonchev–Trinajstić information content (AvgIpc) is 3.47. The van der Waals surface area contributed by atoms with Crippen LogP contribution in [-0.2, 0) is 16.6 Å². The van der Waals surface area contributed by atoms with Crippen molar-refractivity contribution in [1.82, 2.24) is 10.3 Å². The molecule has 1 aliphatic rings. The van der Waals surface area contributed by atoms with Crippen molar-refractivity contribution >= 4 is 27.0 Å². The van der Waals surface area contributed by atoms with Crippen molar-refractivity contribution < 1.29 is 8.42 Å². The Balaban J connectivity index is 1.42. The molecule has 1 saturated carbocycles. The summed E-state index contributed by atoms with van der Waals surface area (Å²) in [6, 6.07) is 14.9. The first kappa shape index (κ1) is 22.0. The molecular weight excluding hydrogens is 426 g/mol. The van der Waals surface area contributed by atoms with Crippen molar-refractivity contribution in [2.75, 3.05) is 4.72 Å². The highest BCUT2D eigenvalue weighted by atomic mass is 32.2. The van der Waals surface area contributed by atoms with E-state index in [0.717, 1.165) is 22.1 Å². The molecule has 0 radical (unpaired) electrons. The topological polar surface area (TPSA) is 71.1 Å². The van der Waals surface area contributed by atoms with E-state index in [1.165, 1.54) is 43.4 Å². The molecule has 5 nitrogen and oxygen atoms in total. The van der Waals surface area contributed by atoms with Gasteiger partial charge in [0.25, 0.3) is 10.0 Å². The fraction of sp³-hybridized carbons (Fsp3) is 0.375. The van der Waals surface area contributed by atoms with Crippen molar-refractivity contribution in [2.45, 2.75) is 56.5 Å². The van der Waals surface area contributed by atoms with Gasteiger partial charge in [-0.15, -0.1) is 11.3 Å². The van der Waals surface area contributed by atoms with Crippen molar-refractivity contribution in [3.63, 3.8) is 0 Å². The number of benzene rings is 2. The molecule has 1 heterocycles. The third-order valence-electron chi connectivity index (χ3n) is 5.91. The van der Waals surface area contributed by atoms with Crippen LogP contribution in [0.5, 0.6) is 0 Å². The second-order valence-corrected chi connectivity index (χ2v) is 10.9. The van der Waals surface area contributed by atoms with Gasteiger partial charge in [0, 0.05) is 29.7 Å². The van der Waals surface area contributed by atoms with Crippen LogP contribution in [0.3, 0.4) is 0 Å². The quantitative estimate of drug-likeness (QED) is 0.436. The van der Waals surface area contributed by atoms with E-state index in [2.05, 4.69) is 21.9 Å². The van der Waals surface area contributed by atoms with E-state index in [9.17, 15) is 8.42 Å². The molecule has 4 rings (SSSR count). The van der Waals surface area contributed by atoms with E-state index in [1.807, 2.05) is 29.6 Å². The van der Waals surface area contributed by atoms with Crippen LogP contribution in [0.4, 0.5) is 5.69 Å². The first-order valence-electron chi connectivity index (χ1n) is 10.9. The number of nitrogens with zero attached hydrogens (tertiary/aromatic N) is 1. The lowest BCUT2D eigenvalue weighted by Crippen LogP contribution is -2.28. The largest absolute Gasteiger partial charge is 0.310 e. The van der Waals surface area contributed by atoms with Crippen LogP contribution in [0, 0.1) is 5.92 Å². The number of anilines is 1. The molecule has 164 valence electrons. The van der Waals surface area contributed by atoms with Crippen LogP contribution in [0.2, 0.25) is 0 Å². The van der Waals surface area contributed by atoms with E-state index >= 15 is 0 Å². The van der Waals surface area contributed by atoms with Gasteiger partial charge in [0.15, 0.2) is 0 Å². The fourth-order valence-electron chi connectivity index (χ4n) is 4.23. The Morgan fingerprint density at radius 1 is 1.10 bits per heavy atom. The molecule has 0 saturated heterocycles. The Labute approximate surface area is 189 Å². The molecule has 0 bridgehead atoms. The summed E-state index contributed by atoms with van der Waals surface area (Å²) in [6.45, 7) is 2.85. The molecular formula is C24H29N3O2S2. The molecule has 1 atom stereocenters. The molecule has 1 aliphatic carbocycles. The molecule has 2 N–H and O–H groups in total. The SMILES string of the molecule is C[C@@H](CC1CCCC1)NCc1ccccc1NS(=O)(=O)c1ccc(-c2nccs2)cc1. The van der Waals surface area contributed by atoms with Gasteiger partial charge in [0.05, 0.1) is 10.6 Å². The first-order chi connectivity index (χ1) is 15.0. The van der Waals surface area contributed by atoms with Gasteiger partial charge in [0.1, 0.15) is 5.01 Å². The Bertz CT molecular complexity index is 1070. The van der Waals surface area contributed by atoms with Gasteiger partial charge < -0.3 is 5.32 Å². The normalized spacial score (nSPS) is 15.8. The summed E-state index contributed by atoms with van der Waals surface area (Å²) in [7, 11) is -3.67. The molecule has 0 aliphatic heterocycles. The molecule has 2 aromatic carbocycles. The number of rotatable bonds is 9. The third kappa shape index (κ3) is 5.73. The predicted molar refractivity (Wildman–Crippen MR) is 128 cm³/mol. The molecule has 3 aromatic rings. The number of hydrogen-bond donors (Lipinski definition) is 2. The van der Waals surface area contributed by atoms with Gasteiger partial charge in [0.2, 0.25) is 0 Å². The molecule has 0 unspecified atom stereocenters. The molecule has 1 aromatic heterocycles. The number of aromatic nitrogens is 1. The zero-order chi connectivity index (χ0) is 21.7. The summed E-state index contributed by atoms with van der Waals surface area (Å²) >= 11 is 1.53. The summed E-state index contributed by atoms with van der Waals surface area (Å²) in [5, 5.41) is 6.35. The van der Waals surface area contributed by atoms with Crippen LogP contribution in [0.25, 0.3) is 10.6 Å². The lowest BCUT2D eigenvalue weighted by molar-refractivity contribution is 0.404. The van der Waals surface area contributed by atoms with Gasteiger partial charge in [-0.25, -0.2) is 13.4 Å². The first-order valence-corrected chi connectivity index (χ1v) is 13.2. The Morgan fingerprint density at radius 2 is 1.84 bits per heavy atom. The lowest BCUT2D eigenvalue weighted by atomic mass is 9.99. The molecule has 7 heteroatoms. The zero-order valence-electron chi connectivity index (χ0n) is 17.8. The number of nitrogens with one attached hydrogen (secondary N) is 2. The zero-order valence-corrected chi connectivity index (χ0v) is 19.4. The Morgan fingerprint density at radius 3 is 2.55 bits per heavy atom. The smallest absolute Gasteiger partial charge is 0.261 e. The van der Waals surface area contributed by atoms with Gasteiger partial charge >= 0.3 is 0 Å². The highest BCUT2D eigenvalue weighted by Gasteiger charge is 2.19. The minimum atomic E-state index is -3.67. The van der Waals surface area contributed by atoms with Crippen molar-refractivity contribution in [2.24, 2.45) is 5.92 Å². The summed E-state index contributed by atoms with van der Waals surface area (Å²) < 4.78 is 28.7. The van der Waals surface area contributed by atoms with E-state index in [4.69, 9.17) is 0 Å². The average molecular weight is 456 g/mol. The molecule has 0 spiro atoms. The number of para-hydroxylation sites is 1. The highest BCUT2D eigenvalue weighted by molar-refractivity contribution is 7.92. The summed E-state index contributed by atoms with van der Waals surface area (Å²) in [6.07, 6.45) is 8.30. The molecule has 1 fully saturated rings. The minimum absolute atomic E-state index is 0.241. The van der Waals surface area contributed by atoms with Crippen molar-refractivity contribution in [3.8, 4) is 10.6 Å². The molecule has 0 amide bonds. The maximum absolute atomic E-state index is 13.0. The molecule has 31 heavy (non-hydrogen) atoms. The van der Waals surface area contributed by atoms with Gasteiger partial charge in [-0.05, 0) is 43.0 Å². The van der Waals surface area contributed by atoms with Crippen LogP contribution in [-0.4, -0.2) is 19.4 Å². The van der Waals surface area contributed by atoms with Gasteiger partial charge in [-0.2, -0.15) is 0 Å². The van der Waals surface area contributed by atoms with E-state index < -0.39 is 10.0 Å². The van der Waals surface area contributed by atoms with Crippen molar-refractivity contribution in [3.05, 3.63) is 65.7 Å². The van der Waals surface area contributed by atoms with Gasteiger partial charge in [-0.3, -0.25) is 4.72 Å². The van der Waals surface area contributed by atoms with Crippen LogP contribution < -0.4 is 10.0 Å². The number of thiazole rings is 1. The van der Waals surface area contributed by atoms with E-state index in [1.54, 1.807) is 30.5 Å². The summed E-state index contributed by atoms with van der Waals surface area (Å²) in [5.41, 5.74) is 2.48. The second-order valence-electron chi connectivity index (χ2n) is 8.29. The van der Waals surface area contributed by atoms with Crippen LogP contribution in [0.15, 0.2) is 65.0 Å². The second kappa shape index (κ2) is 9.94. The summed E-state index contributed by atoms with van der Waals surface area (Å²) in [4.78, 5) is 4.51. The lowest BCUT2D eigenvalue weighted by Gasteiger charge is -2.19. The number of sulfonamides is 1. The monoisotopic (exact) mass is 455 g/mol. The number of hydrogen-bond acceptors (Lipinski definition) is 5. The standard InChI is InChI=1S/C24H29N3O2S2/c1-18(16-19-6-2-3-7-19)26-17-21-8-4-5-9-23(21)27-31(28,29)22-12-10-20(11-13-22)24-25-14-15-30-24/h4-5,8-15,18-19,26-27H,2-3,6-7,16-17H2,1H3/t18-/m0/s1. The maximum Gasteiger partial charge on any atom is 0.261 e. The van der Waals surface area contributed by atoms with E-state index in [-0.39, 0.29) is 4.90 Å². The predicted octanol–water partition coefficient (Wildman–Crippen LogP) is 5.67.